The summed E-state index contributed by atoms with van der Waals surface area (Å²) in [6.07, 6.45) is 4.19. The molecule has 7 heteroatoms. The molecule has 1 heterocycles. The summed E-state index contributed by atoms with van der Waals surface area (Å²) in [6.45, 7) is 6.14. The van der Waals surface area contributed by atoms with Gasteiger partial charge in [0.1, 0.15) is 0 Å². The van der Waals surface area contributed by atoms with Crippen LogP contribution in [0.4, 0.5) is 0 Å². The Morgan fingerprint density at radius 1 is 1.16 bits per heavy atom. The molecule has 1 amide bonds. The third-order valence-corrected chi connectivity index (χ3v) is 7.37. The quantitative estimate of drug-likeness (QED) is 0.419. The number of benzene rings is 2. The van der Waals surface area contributed by atoms with Gasteiger partial charge in [-0.1, -0.05) is 66.5 Å². The number of aryl methyl sites for hydroxylation is 2. The van der Waals surface area contributed by atoms with E-state index in [4.69, 9.17) is 11.6 Å². The Balaban J connectivity index is 1.66. The van der Waals surface area contributed by atoms with Crippen molar-refractivity contribution in [1.29, 1.82) is 0 Å². The van der Waals surface area contributed by atoms with Crippen LogP contribution in [0.5, 0.6) is 0 Å². The summed E-state index contributed by atoms with van der Waals surface area (Å²) in [5, 5.41) is 13.6. The first-order valence-corrected chi connectivity index (χ1v) is 12.5. The molecule has 0 spiro atoms. The predicted molar refractivity (Wildman–Crippen MR) is 130 cm³/mol. The number of nitrogens with one attached hydrogen (secondary N) is 1. The van der Waals surface area contributed by atoms with E-state index in [1.807, 2.05) is 42.7 Å². The fourth-order valence-corrected chi connectivity index (χ4v) is 5.40. The van der Waals surface area contributed by atoms with E-state index in [2.05, 4.69) is 40.6 Å². The smallest absolute Gasteiger partial charge is 0.223 e. The average molecular weight is 469 g/mol. The van der Waals surface area contributed by atoms with E-state index < -0.39 is 0 Å². The third-order valence-electron chi connectivity index (χ3n) is 6.16. The number of hydrogen-bond donors (Lipinski definition) is 1. The minimum absolute atomic E-state index is 0.108. The Morgan fingerprint density at radius 2 is 1.91 bits per heavy atom. The molecule has 1 aromatic heterocycles. The van der Waals surface area contributed by atoms with Gasteiger partial charge >= 0.3 is 0 Å². The van der Waals surface area contributed by atoms with Crippen LogP contribution in [0, 0.1) is 19.8 Å². The van der Waals surface area contributed by atoms with Crippen LogP contribution in [-0.4, -0.2) is 20.7 Å². The second kappa shape index (κ2) is 10.1. The Hall–Kier alpha value is -2.31. The van der Waals surface area contributed by atoms with Gasteiger partial charge in [-0.05, 0) is 62.4 Å². The molecule has 1 aliphatic carbocycles. The molecular formula is C25H29ClN4OS. The van der Waals surface area contributed by atoms with Crippen molar-refractivity contribution in [2.24, 2.45) is 5.92 Å². The summed E-state index contributed by atoms with van der Waals surface area (Å²) in [5.74, 6) is 1.72. The third kappa shape index (κ3) is 5.02. The minimum atomic E-state index is -0.262. The summed E-state index contributed by atoms with van der Waals surface area (Å²) >= 11 is 7.99. The lowest BCUT2D eigenvalue weighted by molar-refractivity contribution is -0.125. The second-order valence-corrected chi connectivity index (χ2v) is 9.91. The van der Waals surface area contributed by atoms with Crippen LogP contribution in [0.25, 0.3) is 5.69 Å². The first-order valence-electron chi connectivity index (χ1n) is 11.1. The van der Waals surface area contributed by atoms with E-state index in [9.17, 15) is 4.79 Å². The molecule has 1 atom stereocenters. The molecule has 168 valence electrons. The van der Waals surface area contributed by atoms with Crippen LogP contribution in [0.15, 0.2) is 47.6 Å². The molecular weight excluding hydrogens is 440 g/mol. The Kier molecular flexibility index (Phi) is 7.21. The van der Waals surface area contributed by atoms with Gasteiger partial charge in [-0.2, -0.15) is 0 Å². The standard InChI is InChI=1S/C25H29ClN4OS/c1-16-8-4-5-11-20(16)15-32-25-29-28-23(18(3)27-24(31)19-9-6-7-10-19)30(25)22-14-21(26)13-12-17(22)2/h4-5,8,11-14,18-19H,6-7,9-10,15H2,1-3H3,(H,27,31). The van der Waals surface area contributed by atoms with Crippen LogP contribution in [0.1, 0.15) is 61.2 Å². The maximum absolute atomic E-state index is 12.8. The molecule has 1 unspecified atom stereocenters. The van der Waals surface area contributed by atoms with E-state index in [0.717, 1.165) is 47.8 Å². The summed E-state index contributed by atoms with van der Waals surface area (Å²) in [4.78, 5) is 12.8. The molecule has 1 fully saturated rings. The van der Waals surface area contributed by atoms with Gasteiger partial charge in [-0.25, -0.2) is 0 Å². The fourth-order valence-electron chi connectivity index (χ4n) is 4.20. The molecule has 2 aromatic carbocycles. The number of aromatic nitrogens is 3. The van der Waals surface area contributed by atoms with Gasteiger partial charge in [0.2, 0.25) is 5.91 Å². The van der Waals surface area contributed by atoms with Crippen molar-refractivity contribution in [2.45, 2.75) is 63.4 Å². The highest BCUT2D eigenvalue weighted by molar-refractivity contribution is 7.98. The number of halogens is 1. The Bertz CT molecular complexity index is 1110. The van der Waals surface area contributed by atoms with Gasteiger partial charge in [-0.3, -0.25) is 9.36 Å². The number of nitrogens with zero attached hydrogens (tertiary/aromatic N) is 3. The zero-order valence-electron chi connectivity index (χ0n) is 18.8. The molecule has 32 heavy (non-hydrogen) atoms. The number of hydrogen-bond acceptors (Lipinski definition) is 4. The number of rotatable bonds is 7. The molecule has 0 radical (unpaired) electrons. The lowest BCUT2D eigenvalue weighted by Gasteiger charge is -2.19. The van der Waals surface area contributed by atoms with Crippen LogP contribution in [-0.2, 0) is 10.5 Å². The largest absolute Gasteiger partial charge is 0.346 e. The summed E-state index contributed by atoms with van der Waals surface area (Å²) in [7, 11) is 0. The first kappa shape index (κ1) is 22.9. The van der Waals surface area contributed by atoms with Crippen molar-refractivity contribution < 1.29 is 4.79 Å². The van der Waals surface area contributed by atoms with E-state index in [0.29, 0.717) is 10.8 Å². The molecule has 5 nitrogen and oxygen atoms in total. The van der Waals surface area contributed by atoms with Crippen LogP contribution >= 0.6 is 23.4 Å². The molecule has 1 aliphatic rings. The molecule has 0 bridgehead atoms. The Morgan fingerprint density at radius 3 is 2.66 bits per heavy atom. The molecule has 0 aliphatic heterocycles. The van der Waals surface area contributed by atoms with E-state index in [1.165, 1.54) is 11.1 Å². The van der Waals surface area contributed by atoms with Crippen LogP contribution < -0.4 is 5.32 Å². The number of carbonyl (C=O) groups is 1. The van der Waals surface area contributed by atoms with E-state index in [-0.39, 0.29) is 17.9 Å². The molecule has 1 saturated carbocycles. The highest BCUT2D eigenvalue weighted by Gasteiger charge is 2.27. The summed E-state index contributed by atoms with van der Waals surface area (Å²) in [5.41, 5.74) is 4.52. The molecule has 0 saturated heterocycles. The molecule has 4 rings (SSSR count). The zero-order valence-corrected chi connectivity index (χ0v) is 20.3. The lowest BCUT2D eigenvalue weighted by Crippen LogP contribution is -2.33. The van der Waals surface area contributed by atoms with Gasteiger partial charge in [0.15, 0.2) is 11.0 Å². The maximum atomic E-state index is 12.8. The topological polar surface area (TPSA) is 59.8 Å². The lowest BCUT2D eigenvalue weighted by atomic mass is 10.1. The zero-order chi connectivity index (χ0) is 22.7. The summed E-state index contributed by atoms with van der Waals surface area (Å²) < 4.78 is 2.05. The van der Waals surface area contributed by atoms with E-state index in [1.54, 1.807) is 11.8 Å². The van der Waals surface area contributed by atoms with Crippen molar-refractivity contribution in [1.82, 2.24) is 20.1 Å². The first-order chi connectivity index (χ1) is 15.4. The average Bonchev–Trinajstić information content (AvgIpc) is 3.45. The van der Waals surface area contributed by atoms with Gasteiger partial charge in [0.25, 0.3) is 0 Å². The van der Waals surface area contributed by atoms with Crippen molar-refractivity contribution in [3.8, 4) is 5.69 Å². The van der Waals surface area contributed by atoms with Crippen molar-refractivity contribution in [2.75, 3.05) is 0 Å². The minimum Gasteiger partial charge on any atom is -0.346 e. The highest BCUT2D eigenvalue weighted by atomic mass is 35.5. The summed E-state index contributed by atoms with van der Waals surface area (Å²) in [6, 6.07) is 13.9. The van der Waals surface area contributed by atoms with Crippen molar-refractivity contribution in [3.63, 3.8) is 0 Å². The molecule has 1 N–H and O–H groups in total. The van der Waals surface area contributed by atoms with E-state index >= 15 is 0 Å². The van der Waals surface area contributed by atoms with Gasteiger partial charge < -0.3 is 5.32 Å². The number of amides is 1. The predicted octanol–water partition coefficient (Wildman–Crippen LogP) is 6.20. The van der Waals surface area contributed by atoms with Gasteiger partial charge in [0.05, 0.1) is 11.7 Å². The van der Waals surface area contributed by atoms with Gasteiger partial charge in [-0.15, -0.1) is 10.2 Å². The SMILES string of the molecule is Cc1ccccc1CSc1nnc(C(C)NC(=O)C2CCCC2)n1-c1cc(Cl)ccc1C. The Labute approximate surface area is 199 Å². The monoisotopic (exact) mass is 468 g/mol. The van der Waals surface area contributed by atoms with Crippen LogP contribution in [0.3, 0.4) is 0 Å². The van der Waals surface area contributed by atoms with Crippen molar-refractivity contribution >= 4 is 29.3 Å². The fraction of sp³-hybridized carbons (Fsp3) is 0.400. The number of thioether (sulfide) groups is 1. The van der Waals surface area contributed by atoms with Crippen LogP contribution in [0.2, 0.25) is 5.02 Å². The second-order valence-electron chi connectivity index (χ2n) is 8.53. The van der Waals surface area contributed by atoms with Gasteiger partial charge in [0, 0.05) is 16.7 Å². The van der Waals surface area contributed by atoms with Crippen molar-refractivity contribution in [3.05, 3.63) is 70.0 Å². The number of carbonyl (C=O) groups excluding carboxylic acids is 1. The normalized spacial score (nSPS) is 15.1. The molecule has 3 aromatic rings. The maximum Gasteiger partial charge on any atom is 0.223 e. The highest BCUT2D eigenvalue weighted by Crippen LogP contribution is 2.31.